The van der Waals surface area contributed by atoms with E-state index in [0.29, 0.717) is 19.0 Å². The molecule has 2 aliphatic heterocycles. The molecule has 2 fully saturated rings. The van der Waals surface area contributed by atoms with Crippen LogP contribution in [-0.4, -0.2) is 36.0 Å². The Bertz CT molecular complexity index is 188. The minimum absolute atomic E-state index is 0. The number of carbonyl (C=O) groups excluding carboxylic acids is 1. The van der Waals surface area contributed by atoms with Gasteiger partial charge in [-0.3, -0.25) is 9.69 Å². The van der Waals surface area contributed by atoms with Crippen molar-refractivity contribution in [3.05, 3.63) is 0 Å². The van der Waals surface area contributed by atoms with E-state index >= 15 is 0 Å². The normalized spacial score (nSPS) is 35.9. The Morgan fingerprint density at radius 2 is 2.25 bits per heavy atom. The number of hydrogen-bond donors (Lipinski definition) is 0. The lowest BCUT2D eigenvalue weighted by Gasteiger charge is -2.30. The maximum atomic E-state index is 12.8. The predicted molar refractivity (Wildman–Crippen MR) is 46.4 cm³/mol. The number of hydrogen-bond acceptors (Lipinski definition) is 2. The average Bonchev–Trinajstić information content (AvgIpc) is 2.36. The molecule has 0 N–H and O–H groups in total. The first-order valence-corrected chi connectivity index (χ1v) is 4.18. The van der Waals surface area contributed by atoms with Crippen LogP contribution in [-0.2, 0) is 4.79 Å². The Balaban J connectivity index is 0.000000720. The van der Waals surface area contributed by atoms with Crippen molar-refractivity contribution in [2.75, 3.05) is 13.1 Å². The van der Waals surface area contributed by atoms with Crippen molar-refractivity contribution in [1.29, 1.82) is 0 Å². The maximum absolute atomic E-state index is 12.8. The van der Waals surface area contributed by atoms with Gasteiger partial charge in [0, 0.05) is 19.0 Å². The third kappa shape index (κ3) is 1.62. The Kier molecular flexibility index (Phi) is 3.07. The van der Waals surface area contributed by atoms with Crippen molar-refractivity contribution in [2.45, 2.75) is 31.5 Å². The van der Waals surface area contributed by atoms with Gasteiger partial charge in [-0.1, -0.05) is 0 Å². The van der Waals surface area contributed by atoms with E-state index in [9.17, 15) is 9.18 Å². The van der Waals surface area contributed by atoms with Gasteiger partial charge in [0.1, 0.15) is 0 Å². The second-order valence-corrected chi connectivity index (χ2v) is 3.43. The molecule has 0 bridgehead atoms. The SMILES string of the molecule is Cl.O=C1CC2CCCN2CC1F. The number of piperidine rings is 1. The standard InChI is InChI=1S/C8H12FNO.ClH/c9-7-5-10-3-1-2-6(10)4-8(7)11;/h6-7H,1-5H2;1H. The number of halogens is 2. The largest absolute Gasteiger partial charge is 0.297 e. The van der Waals surface area contributed by atoms with Gasteiger partial charge in [-0.15, -0.1) is 12.4 Å². The highest BCUT2D eigenvalue weighted by atomic mass is 35.5. The Morgan fingerprint density at radius 3 is 3.00 bits per heavy atom. The van der Waals surface area contributed by atoms with Crippen molar-refractivity contribution in [1.82, 2.24) is 4.90 Å². The van der Waals surface area contributed by atoms with Gasteiger partial charge in [0.05, 0.1) is 0 Å². The number of ketones is 1. The quantitative estimate of drug-likeness (QED) is 0.576. The summed E-state index contributed by atoms with van der Waals surface area (Å²) >= 11 is 0. The lowest BCUT2D eigenvalue weighted by molar-refractivity contribution is -0.128. The van der Waals surface area contributed by atoms with Crippen molar-refractivity contribution < 1.29 is 9.18 Å². The summed E-state index contributed by atoms with van der Waals surface area (Å²) in [4.78, 5) is 13.0. The van der Waals surface area contributed by atoms with E-state index in [4.69, 9.17) is 0 Å². The molecule has 0 radical (unpaired) electrons. The van der Waals surface area contributed by atoms with Crippen molar-refractivity contribution in [2.24, 2.45) is 0 Å². The van der Waals surface area contributed by atoms with Crippen LogP contribution in [0.1, 0.15) is 19.3 Å². The van der Waals surface area contributed by atoms with E-state index in [1.165, 1.54) is 0 Å². The number of alkyl halides is 1. The fourth-order valence-corrected chi connectivity index (χ4v) is 2.03. The molecule has 0 amide bonds. The lowest BCUT2D eigenvalue weighted by Crippen LogP contribution is -2.45. The van der Waals surface area contributed by atoms with Crippen LogP contribution in [0.2, 0.25) is 0 Å². The van der Waals surface area contributed by atoms with Crippen LogP contribution in [0.5, 0.6) is 0 Å². The molecule has 70 valence electrons. The first-order chi connectivity index (χ1) is 5.27. The van der Waals surface area contributed by atoms with Crippen LogP contribution < -0.4 is 0 Å². The van der Waals surface area contributed by atoms with Gasteiger partial charge in [0.2, 0.25) is 0 Å². The van der Waals surface area contributed by atoms with Gasteiger partial charge in [0.25, 0.3) is 0 Å². The smallest absolute Gasteiger partial charge is 0.171 e. The molecule has 2 rings (SSSR count). The monoisotopic (exact) mass is 193 g/mol. The lowest BCUT2D eigenvalue weighted by atomic mass is 10.0. The van der Waals surface area contributed by atoms with Crippen LogP contribution >= 0.6 is 12.4 Å². The topological polar surface area (TPSA) is 20.3 Å². The number of nitrogens with zero attached hydrogens (tertiary/aromatic N) is 1. The summed E-state index contributed by atoms with van der Waals surface area (Å²) in [5.41, 5.74) is 0. The molecule has 4 heteroatoms. The minimum Gasteiger partial charge on any atom is -0.297 e. The van der Waals surface area contributed by atoms with E-state index in [2.05, 4.69) is 4.90 Å². The van der Waals surface area contributed by atoms with Gasteiger partial charge in [-0.25, -0.2) is 4.39 Å². The highest BCUT2D eigenvalue weighted by molar-refractivity contribution is 5.85. The van der Waals surface area contributed by atoms with E-state index in [1.54, 1.807) is 0 Å². The number of rotatable bonds is 0. The third-order valence-corrected chi connectivity index (χ3v) is 2.68. The fourth-order valence-electron chi connectivity index (χ4n) is 2.03. The summed E-state index contributed by atoms with van der Waals surface area (Å²) in [6.07, 6.45) is 1.45. The molecule has 0 aromatic heterocycles. The third-order valence-electron chi connectivity index (χ3n) is 2.68. The van der Waals surface area contributed by atoms with E-state index in [1.807, 2.05) is 0 Å². The van der Waals surface area contributed by atoms with Gasteiger partial charge in [0.15, 0.2) is 12.0 Å². The molecule has 0 aliphatic carbocycles. The van der Waals surface area contributed by atoms with Gasteiger partial charge in [-0.2, -0.15) is 0 Å². The molecule has 2 nitrogen and oxygen atoms in total. The zero-order valence-corrected chi connectivity index (χ0v) is 7.65. The van der Waals surface area contributed by atoms with Crippen LogP contribution in [0.25, 0.3) is 0 Å². The molecule has 12 heavy (non-hydrogen) atoms. The van der Waals surface area contributed by atoms with Gasteiger partial charge in [-0.05, 0) is 19.4 Å². The van der Waals surface area contributed by atoms with Crippen LogP contribution in [0.4, 0.5) is 4.39 Å². The van der Waals surface area contributed by atoms with Gasteiger partial charge < -0.3 is 0 Å². The second-order valence-electron chi connectivity index (χ2n) is 3.43. The summed E-state index contributed by atoms with van der Waals surface area (Å²) in [7, 11) is 0. The number of carbonyl (C=O) groups is 1. The van der Waals surface area contributed by atoms with Gasteiger partial charge >= 0.3 is 0 Å². The maximum Gasteiger partial charge on any atom is 0.171 e. The molecule has 2 aliphatic rings. The van der Waals surface area contributed by atoms with E-state index in [0.717, 1.165) is 19.4 Å². The highest BCUT2D eigenvalue weighted by Gasteiger charge is 2.36. The molecule has 0 saturated carbocycles. The Hall–Kier alpha value is -0.150. The average molecular weight is 194 g/mol. The molecule has 0 aromatic rings. The molecule has 0 spiro atoms. The zero-order chi connectivity index (χ0) is 7.84. The van der Waals surface area contributed by atoms with Crippen molar-refractivity contribution in [3.8, 4) is 0 Å². The molecular weight excluding hydrogens is 181 g/mol. The molecule has 2 unspecified atom stereocenters. The summed E-state index contributed by atoms with van der Waals surface area (Å²) in [6.45, 7) is 1.34. The predicted octanol–water partition coefficient (Wildman–Crippen LogP) is 1.18. The first-order valence-electron chi connectivity index (χ1n) is 4.18. The Morgan fingerprint density at radius 1 is 1.50 bits per heavy atom. The van der Waals surface area contributed by atoms with E-state index < -0.39 is 6.17 Å². The van der Waals surface area contributed by atoms with Crippen LogP contribution in [0.15, 0.2) is 0 Å². The number of fused-ring (bicyclic) bond motifs is 1. The van der Waals surface area contributed by atoms with E-state index in [-0.39, 0.29) is 18.2 Å². The Labute approximate surface area is 77.5 Å². The summed E-state index contributed by atoms with van der Waals surface area (Å²) in [6, 6.07) is 0.370. The first kappa shape index (κ1) is 9.93. The van der Waals surface area contributed by atoms with Crippen molar-refractivity contribution >= 4 is 18.2 Å². The molecule has 2 atom stereocenters. The molecule has 2 saturated heterocycles. The van der Waals surface area contributed by atoms with Crippen LogP contribution in [0.3, 0.4) is 0 Å². The molecule has 2 heterocycles. The summed E-state index contributed by atoms with van der Waals surface area (Å²) < 4.78 is 12.8. The van der Waals surface area contributed by atoms with Crippen LogP contribution in [0, 0.1) is 0 Å². The summed E-state index contributed by atoms with van der Waals surface area (Å²) in [5, 5.41) is 0. The fraction of sp³-hybridized carbons (Fsp3) is 0.875. The number of Topliss-reactive ketones (excluding diaryl/α,β-unsaturated/α-hetero) is 1. The molecular formula is C8H13ClFNO. The highest BCUT2D eigenvalue weighted by Crippen LogP contribution is 2.25. The summed E-state index contributed by atoms with van der Waals surface area (Å²) in [5.74, 6) is -0.187. The minimum atomic E-state index is -1.20. The molecule has 0 aromatic carbocycles. The van der Waals surface area contributed by atoms with Crippen molar-refractivity contribution in [3.63, 3.8) is 0 Å². The zero-order valence-electron chi connectivity index (χ0n) is 6.83. The second kappa shape index (κ2) is 3.71.